The number of hydrogen-bond acceptors (Lipinski definition) is 3. The Morgan fingerprint density at radius 2 is 1.69 bits per heavy atom. The molecule has 3 N–H and O–H groups in total. The summed E-state index contributed by atoms with van der Waals surface area (Å²) < 4.78 is 0. The zero-order valence-corrected chi connectivity index (χ0v) is 11.2. The lowest BCUT2D eigenvalue weighted by Gasteiger charge is -2.30. The minimum absolute atomic E-state index is 0.239. The molecule has 0 aromatic carbocycles. The molecule has 16 heavy (non-hydrogen) atoms. The number of nitrogens with one attached hydrogen (secondary N) is 1. The Kier molecular flexibility index (Phi) is 7.34. The second kappa shape index (κ2) is 7.63. The molecule has 0 rings (SSSR count). The van der Waals surface area contributed by atoms with E-state index in [0.29, 0.717) is 0 Å². The van der Waals surface area contributed by atoms with E-state index in [2.05, 4.69) is 24.1 Å². The van der Waals surface area contributed by atoms with Gasteiger partial charge in [-0.15, -0.1) is 0 Å². The molecule has 0 aromatic rings. The number of nitrogens with zero attached hydrogens (tertiary/aromatic N) is 1. The number of rotatable bonds is 9. The molecule has 0 aliphatic rings. The van der Waals surface area contributed by atoms with Crippen LogP contribution in [0.5, 0.6) is 0 Å². The molecule has 0 aromatic heterocycles. The average Bonchev–Trinajstić information content (AvgIpc) is 2.30. The predicted molar refractivity (Wildman–Crippen MR) is 68.3 cm³/mol. The minimum atomic E-state index is -0.521. The van der Waals surface area contributed by atoms with E-state index >= 15 is 0 Å². The third-order valence-electron chi connectivity index (χ3n) is 3.46. The molecule has 0 aliphatic heterocycles. The Morgan fingerprint density at radius 1 is 1.19 bits per heavy atom. The number of carbonyl (C=O) groups is 1. The fourth-order valence-electron chi connectivity index (χ4n) is 1.93. The van der Waals surface area contributed by atoms with Crippen LogP contribution in [0, 0.1) is 0 Å². The van der Waals surface area contributed by atoms with Gasteiger partial charge < -0.3 is 16.0 Å². The molecule has 0 heterocycles. The zero-order valence-electron chi connectivity index (χ0n) is 11.2. The van der Waals surface area contributed by atoms with Crippen molar-refractivity contribution in [1.82, 2.24) is 10.2 Å². The molecule has 0 saturated heterocycles. The van der Waals surface area contributed by atoms with Crippen LogP contribution in [-0.4, -0.2) is 42.5 Å². The lowest BCUT2D eigenvalue weighted by atomic mass is 9.92. The molecule has 4 heteroatoms. The average molecular weight is 229 g/mol. The van der Waals surface area contributed by atoms with E-state index in [9.17, 15) is 4.79 Å². The monoisotopic (exact) mass is 229 g/mol. The van der Waals surface area contributed by atoms with E-state index in [0.717, 1.165) is 39.0 Å². The van der Waals surface area contributed by atoms with Crippen LogP contribution in [0.25, 0.3) is 0 Å². The molecule has 0 unspecified atom stereocenters. The molecule has 4 nitrogen and oxygen atoms in total. The van der Waals surface area contributed by atoms with Gasteiger partial charge in [0.2, 0.25) is 5.91 Å². The Hall–Kier alpha value is -0.610. The highest BCUT2D eigenvalue weighted by molar-refractivity contribution is 5.84. The number of amides is 1. The van der Waals surface area contributed by atoms with Gasteiger partial charge in [0.1, 0.15) is 0 Å². The van der Waals surface area contributed by atoms with Crippen LogP contribution >= 0.6 is 0 Å². The van der Waals surface area contributed by atoms with Crippen molar-refractivity contribution < 1.29 is 4.79 Å². The molecular formula is C12H27N3O. The van der Waals surface area contributed by atoms with Crippen molar-refractivity contribution in [2.75, 3.05) is 26.2 Å². The second-order valence-electron chi connectivity index (χ2n) is 4.11. The molecule has 0 saturated carbocycles. The third kappa shape index (κ3) is 4.10. The van der Waals surface area contributed by atoms with Crippen molar-refractivity contribution >= 4 is 5.91 Å². The first-order chi connectivity index (χ1) is 7.56. The topological polar surface area (TPSA) is 58.4 Å². The maximum Gasteiger partial charge on any atom is 0.237 e. The second-order valence-corrected chi connectivity index (χ2v) is 4.11. The van der Waals surface area contributed by atoms with Crippen molar-refractivity contribution in [1.29, 1.82) is 0 Å². The maximum atomic E-state index is 11.4. The van der Waals surface area contributed by atoms with Crippen molar-refractivity contribution in [2.24, 2.45) is 5.73 Å². The highest BCUT2D eigenvalue weighted by atomic mass is 16.1. The molecule has 0 aliphatic carbocycles. The van der Waals surface area contributed by atoms with Crippen LogP contribution in [0.2, 0.25) is 0 Å². The molecular weight excluding hydrogens is 202 g/mol. The molecule has 1 amide bonds. The van der Waals surface area contributed by atoms with Gasteiger partial charge in [-0.25, -0.2) is 0 Å². The first-order valence-electron chi connectivity index (χ1n) is 6.33. The molecule has 0 bridgehead atoms. The van der Waals surface area contributed by atoms with Crippen molar-refractivity contribution in [3.63, 3.8) is 0 Å². The summed E-state index contributed by atoms with van der Waals surface area (Å²) >= 11 is 0. The van der Waals surface area contributed by atoms with Crippen molar-refractivity contribution in [3.05, 3.63) is 0 Å². The van der Waals surface area contributed by atoms with E-state index in [1.54, 1.807) is 0 Å². The van der Waals surface area contributed by atoms with Crippen molar-refractivity contribution in [2.45, 2.75) is 46.1 Å². The Labute approximate surface area is 99.6 Å². The van der Waals surface area contributed by atoms with E-state index in [-0.39, 0.29) is 5.91 Å². The fourth-order valence-corrected chi connectivity index (χ4v) is 1.93. The van der Waals surface area contributed by atoms with Gasteiger partial charge in [-0.2, -0.15) is 0 Å². The summed E-state index contributed by atoms with van der Waals surface area (Å²) in [6, 6.07) is 0. The van der Waals surface area contributed by atoms with Gasteiger partial charge in [-0.3, -0.25) is 4.79 Å². The highest BCUT2D eigenvalue weighted by Crippen LogP contribution is 2.13. The lowest BCUT2D eigenvalue weighted by molar-refractivity contribution is -0.124. The molecule has 0 radical (unpaired) electrons. The van der Waals surface area contributed by atoms with Crippen LogP contribution in [0.4, 0.5) is 0 Å². The lowest BCUT2D eigenvalue weighted by Crippen LogP contribution is -2.56. The van der Waals surface area contributed by atoms with Crippen LogP contribution in [-0.2, 0) is 4.79 Å². The summed E-state index contributed by atoms with van der Waals surface area (Å²) in [5.74, 6) is -0.239. The van der Waals surface area contributed by atoms with Crippen LogP contribution in [0.3, 0.4) is 0 Å². The summed E-state index contributed by atoms with van der Waals surface area (Å²) in [6.07, 6.45) is 1.49. The van der Waals surface area contributed by atoms with E-state index in [4.69, 9.17) is 5.73 Å². The SMILES string of the molecule is CCN(CC)CCNC(CC)(CC)C(N)=O. The van der Waals surface area contributed by atoms with Crippen LogP contribution < -0.4 is 11.1 Å². The summed E-state index contributed by atoms with van der Waals surface area (Å²) in [4.78, 5) is 13.8. The van der Waals surface area contributed by atoms with Crippen LogP contribution in [0.1, 0.15) is 40.5 Å². The summed E-state index contributed by atoms with van der Waals surface area (Å²) in [5, 5.41) is 3.31. The summed E-state index contributed by atoms with van der Waals surface area (Å²) in [5.41, 5.74) is 4.94. The Balaban J connectivity index is 4.17. The fraction of sp³-hybridized carbons (Fsp3) is 0.917. The van der Waals surface area contributed by atoms with Crippen molar-refractivity contribution in [3.8, 4) is 0 Å². The summed E-state index contributed by atoms with van der Waals surface area (Å²) in [7, 11) is 0. The molecule has 0 spiro atoms. The largest absolute Gasteiger partial charge is 0.368 e. The number of hydrogen-bond donors (Lipinski definition) is 2. The first kappa shape index (κ1) is 15.4. The van der Waals surface area contributed by atoms with Gasteiger partial charge in [0.25, 0.3) is 0 Å². The van der Waals surface area contributed by atoms with E-state index in [1.165, 1.54) is 0 Å². The molecule has 96 valence electrons. The third-order valence-corrected chi connectivity index (χ3v) is 3.46. The number of primary amides is 1. The van der Waals surface area contributed by atoms with Crippen LogP contribution in [0.15, 0.2) is 0 Å². The zero-order chi connectivity index (χ0) is 12.6. The first-order valence-corrected chi connectivity index (χ1v) is 6.33. The van der Waals surface area contributed by atoms with Gasteiger partial charge in [0.15, 0.2) is 0 Å². The summed E-state index contributed by atoms with van der Waals surface area (Å²) in [6.45, 7) is 12.1. The standard InChI is InChI=1S/C12H27N3O/c1-5-12(6-2,11(13)16)14-9-10-15(7-3)8-4/h14H,5-10H2,1-4H3,(H2,13,16). The van der Waals surface area contributed by atoms with E-state index < -0.39 is 5.54 Å². The predicted octanol–water partition coefficient (Wildman–Crippen LogP) is 0.962. The number of carbonyl (C=O) groups excluding carboxylic acids is 1. The molecule has 0 atom stereocenters. The quantitative estimate of drug-likeness (QED) is 0.619. The van der Waals surface area contributed by atoms with Gasteiger partial charge >= 0.3 is 0 Å². The number of nitrogens with two attached hydrogens (primary N) is 1. The highest BCUT2D eigenvalue weighted by Gasteiger charge is 2.31. The maximum absolute atomic E-state index is 11.4. The Morgan fingerprint density at radius 3 is 2.00 bits per heavy atom. The smallest absolute Gasteiger partial charge is 0.237 e. The Bertz CT molecular complexity index is 198. The normalized spacial score (nSPS) is 12.1. The number of likely N-dealkylation sites (N-methyl/N-ethyl adjacent to an activating group) is 1. The van der Waals surface area contributed by atoms with Gasteiger partial charge in [0, 0.05) is 13.1 Å². The molecule has 0 fully saturated rings. The van der Waals surface area contributed by atoms with Gasteiger partial charge in [0.05, 0.1) is 5.54 Å². The minimum Gasteiger partial charge on any atom is -0.368 e. The van der Waals surface area contributed by atoms with Gasteiger partial charge in [-0.1, -0.05) is 27.7 Å². The van der Waals surface area contributed by atoms with E-state index in [1.807, 2.05) is 13.8 Å². The van der Waals surface area contributed by atoms with Gasteiger partial charge in [-0.05, 0) is 25.9 Å².